The molecule has 1 heterocycles. The molecule has 0 saturated carbocycles. The van der Waals surface area contributed by atoms with E-state index in [2.05, 4.69) is 4.72 Å². The summed E-state index contributed by atoms with van der Waals surface area (Å²) in [5.41, 5.74) is 1.10. The van der Waals surface area contributed by atoms with Crippen LogP contribution < -0.4 is 4.72 Å². The fraction of sp³-hybridized carbons (Fsp3) is 0. The van der Waals surface area contributed by atoms with Gasteiger partial charge in [-0.1, -0.05) is 12.1 Å². The SMILES string of the molecule is O=C(O)/C=C/c1ccc(S(=O)(=O)Nc2ccc3sccc3c2)cc1. The molecule has 5 nitrogen and oxygen atoms in total. The maximum Gasteiger partial charge on any atom is 0.328 e. The van der Waals surface area contributed by atoms with Crippen molar-refractivity contribution in [3.8, 4) is 0 Å². The Labute approximate surface area is 142 Å². The summed E-state index contributed by atoms with van der Waals surface area (Å²) in [5.74, 6) is -1.06. The molecule has 0 aliphatic heterocycles. The van der Waals surface area contributed by atoms with Crippen LogP contribution in [0.5, 0.6) is 0 Å². The van der Waals surface area contributed by atoms with E-state index in [9.17, 15) is 13.2 Å². The Balaban J connectivity index is 1.83. The smallest absolute Gasteiger partial charge is 0.328 e. The Kier molecular flexibility index (Phi) is 4.37. The number of carboxylic acid groups (broad SMARTS) is 1. The second-order valence-corrected chi connectivity index (χ2v) is 7.65. The highest BCUT2D eigenvalue weighted by atomic mass is 32.2. The molecule has 1 aromatic heterocycles. The number of thiophene rings is 1. The minimum Gasteiger partial charge on any atom is -0.478 e. The van der Waals surface area contributed by atoms with Crippen LogP contribution in [0.15, 0.2) is 64.9 Å². The lowest BCUT2D eigenvalue weighted by Crippen LogP contribution is -2.12. The molecule has 122 valence electrons. The number of carbonyl (C=O) groups is 1. The molecule has 0 amide bonds. The number of benzene rings is 2. The predicted molar refractivity (Wildman–Crippen MR) is 95.7 cm³/mol. The van der Waals surface area contributed by atoms with Crippen molar-refractivity contribution >= 4 is 49.2 Å². The van der Waals surface area contributed by atoms with E-state index in [1.54, 1.807) is 35.6 Å². The highest BCUT2D eigenvalue weighted by Crippen LogP contribution is 2.25. The number of fused-ring (bicyclic) bond motifs is 1. The normalized spacial score (nSPS) is 11.8. The van der Waals surface area contributed by atoms with E-state index in [1.165, 1.54) is 18.2 Å². The van der Waals surface area contributed by atoms with Crippen molar-refractivity contribution in [2.24, 2.45) is 0 Å². The first-order valence-electron chi connectivity index (χ1n) is 6.95. The first-order chi connectivity index (χ1) is 11.4. The Morgan fingerprint density at radius 2 is 1.83 bits per heavy atom. The van der Waals surface area contributed by atoms with E-state index >= 15 is 0 Å². The topological polar surface area (TPSA) is 83.5 Å². The molecule has 3 rings (SSSR count). The lowest BCUT2D eigenvalue weighted by atomic mass is 10.2. The second kappa shape index (κ2) is 6.46. The van der Waals surface area contributed by atoms with Crippen molar-refractivity contribution < 1.29 is 18.3 Å². The molecule has 2 N–H and O–H groups in total. The first-order valence-corrected chi connectivity index (χ1v) is 9.31. The molecule has 0 bridgehead atoms. The summed E-state index contributed by atoms with van der Waals surface area (Å²) in [4.78, 5) is 10.6. The van der Waals surface area contributed by atoms with Gasteiger partial charge < -0.3 is 5.11 Å². The van der Waals surface area contributed by atoms with E-state index in [0.717, 1.165) is 16.2 Å². The van der Waals surface area contributed by atoms with E-state index in [1.807, 2.05) is 17.5 Å². The monoisotopic (exact) mass is 359 g/mol. The predicted octanol–water partition coefficient (Wildman–Crippen LogP) is 3.80. The summed E-state index contributed by atoms with van der Waals surface area (Å²) in [7, 11) is -3.70. The zero-order valence-corrected chi connectivity index (χ0v) is 14.0. The Bertz CT molecular complexity index is 1020. The van der Waals surface area contributed by atoms with Gasteiger partial charge in [0.2, 0.25) is 0 Å². The third-order valence-electron chi connectivity index (χ3n) is 3.31. The number of hydrogen-bond acceptors (Lipinski definition) is 4. The van der Waals surface area contributed by atoms with Crippen LogP contribution in [0.2, 0.25) is 0 Å². The fourth-order valence-electron chi connectivity index (χ4n) is 2.17. The molecule has 24 heavy (non-hydrogen) atoms. The number of hydrogen-bond donors (Lipinski definition) is 2. The quantitative estimate of drug-likeness (QED) is 0.679. The Hall–Kier alpha value is -2.64. The molecule has 0 unspecified atom stereocenters. The minimum atomic E-state index is -3.70. The molecule has 0 saturated heterocycles. The van der Waals surface area contributed by atoms with Gasteiger partial charge in [0.15, 0.2) is 0 Å². The summed E-state index contributed by atoms with van der Waals surface area (Å²) in [6.45, 7) is 0. The summed E-state index contributed by atoms with van der Waals surface area (Å²) >= 11 is 1.59. The molecule has 0 atom stereocenters. The van der Waals surface area contributed by atoms with Crippen LogP contribution in [0.1, 0.15) is 5.56 Å². The Morgan fingerprint density at radius 1 is 1.08 bits per heavy atom. The zero-order valence-electron chi connectivity index (χ0n) is 12.3. The zero-order chi connectivity index (χ0) is 17.2. The number of carboxylic acids is 1. The number of anilines is 1. The Morgan fingerprint density at radius 3 is 2.54 bits per heavy atom. The molecule has 0 aliphatic rings. The van der Waals surface area contributed by atoms with Crippen molar-refractivity contribution in [1.29, 1.82) is 0 Å². The number of aliphatic carboxylic acids is 1. The van der Waals surface area contributed by atoms with Crippen molar-refractivity contribution in [2.75, 3.05) is 4.72 Å². The van der Waals surface area contributed by atoms with Gasteiger partial charge in [-0.2, -0.15) is 0 Å². The van der Waals surface area contributed by atoms with Gasteiger partial charge in [0.05, 0.1) is 4.90 Å². The molecule has 3 aromatic rings. The van der Waals surface area contributed by atoms with Crippen LogP contribution in [0.3, 0.4) is 0 Å². The van der Waals surface area contributed by atoms with Crippen LogP contribution in [0.25, 0.3) is 16.2 Å². The van der Waals surface area contributed by atoms with E-state index in [-0.39, 0.29) is 4.90 Å². The van der Waals surface area contributed by atoms with Gasteiger partial charge in [0.25, 0.3) is 10.0 Å². The molecule has 7 heteroatoms. The third-order valence-corrected chi connectivity index (χ3v) is 5.61. The number of rotatable bonds is 5. The maximum absolute atomic E-state index is 12.4. The fourth-order valence-corrected chi connectivity index (χ4v) is 3.99. The maximum atomic E-state index is 12.4. The lowest BCUT2D eigenvalue weighted by molar-refractivity contribution is -0.131. The van der Waals surface area contributed by atoms with Gasteiger partial charge in [-0.25, -0.2) is 13.2 Å². The molecule has 0 fully saturated rings. The number of nitrogens with one attached hydrogen (secondary N) is 1. The molecule has 2 aromatic carbocycles. The van der Waals surface area contributed by atoms with Crippen molar-refractivity contribution in [2.45, 2.75) is 4.90 Å². The molecular weight excluding hydrogens is 346 g/mol. The highest BCUT2D eigenvalue weighted by Gasteiger charge is 2.14. The van der Waals surface area contributed by atoms with Gasteiger partial charge in [0, 0.05) is 16.5 Å². The molecule has 0 radical (unpaired) electrons. The summed E-state index contributed by atoms with van der Waals surface area (Å²) in [6, 6.07) is 13.3. The van der Waals surface area contributed by atoms with Crippen LogP contribution >= 0.6 is 11.3 Å². The van der Waals surface area contributed by atoms with Gasteiger partial charge in [-0.3, -0.25) is 4.72 Å². The van der Waals surface area contributed by atoms with E-state index < -0.39 is 16.0 Å². The lowest BCUT2D eigenvalue weighted by Gasteiger charge is -2.08. The number of sulfonamides is 1. The second-order valence-electron chi connectivity index (χ2n) is 5.02. The molecule has 0 spiro atoms. The third kappa shape index (κ3) is 3.64. The minimum absolute atomic E-state index is 0.111. The van der Waals surface area contributed by atoms with Gasteiger partial charge >= 0.3 is 5.97 Å². The van der Waals surface area contributed by atoms with Gasteiger partial charge in [-0.15, -0.1) is 11.3 Å². The van der Waals surface area contributed by atoms with Crippen molar-refractivity contribution in [3.63, 3.8) is 0 Å². The first kappa shape index (κ1) is 16.2. The average molecular weight is 359 g/mol. The molecular formula is C17H13NO4S2. The van der Waals surface area contributed by atoms with Gasteiger partial charge in [-0.05, 0) is 58.8 Å². The van der Waals surface area contributed by atoms with Crippen molar-refractivity contribution in [1.82, 2.24) is 0 Å². The van der Waals surface area contributed by atoms with Crippen LogP contribution in [0, 0.1) is 0 Å². The summed E-state index contributed by atoms with van der Waals surface area (Å²) in [6.07, 6.45) is 2.40. The standard InChI is InChI=1S/C17H13NO4S2/c19-17(20)8-3-12-1-5-15(6-2-12)24(21,22)18-14-4-7-16-13(11-14)9-10-23-16/h1-11,18H,(H,19,20)/b8-3+. The van der Waals surface area contributed by atoms with Crippen LogP contribution in [0.4, 0.5) is 5.69 Å². The van der Waals surface area contributed by atoms with Crippen molar-refractivity contribution in [3.05, 3.63) is 65.6 Å². The highest BCUT2D eigenvalue weighted by molar-refractivity contribution is 7.92. The van der Waals surface area contributed by atoms with Crippen LogP contribution in [-0.2, 0) is 14.8 Å². The van der Waals surface area contributed by atoms with E-state index in [0.29, 0.717) is 11.3 Å². The van der Waals surface area contributed by atoms with Gasteiger partial charge in [0.1, 0.15) is 0 Å². The summed E-state index contributed by atoms with van der Waals surface area (Å²) < 4.78 is 28.5. The molecule has 0 aliphatic carbocycles. The summed E-state index contributed by atoms with van der Waals surface area (Å²) in [5, 5.41) is 11.5. The van der Waals surface area contributed by atoms with E-state index in [4.69, 9.17) is 5.11 Å². The van der Waals surface area contributed by atoms with Crippen LogP contribution in [-0.4, -0.2) is 19.5 Å². The average Bonchev–Trinajstić information content (AvgIpc) is 3.00. The largest absolute Gasteiger partial charge is 0.478 e.